The molecule has 1 aliphatic rings. The third-order valence-electron chi connectivity index (χ3n) is 5.82. The first-order valence-electron chi connectivity index (χ1n) is 10.8. The standard InChI is InChI=1S/C26H21N5O2S/c27-13-21-16-34-17-31(21)25(32)14-29-26(33)22-8-10-28-24-7-6-20(12-23(22)24)30-11-9-19(15-30)18-4-2-1-3-5-18/h1-12,15,21H,14,16-17H2,(H,29,33)/t21-/m1/s1. The zero-order chi connectivity index (χ0) is 23.5. The summed E-state index contributed by atoms with van der Waals surface area (Å²) in [6.45, 7) is -0.154. The van der Waals surface area contributed by atoms with Gasteiger partial charge in [-0.25, -0.2) is 0 Å². The van der Waals surface area contributed by atoms with Crippen molar-refractivity contribution in [1.29, 1.82) is 5.26 Å². The van der Waals surface area contributed by atoms with E-state index >= 15 is 0 Å². The van der Waals surface area contributed by atoms with Crippen LogP contribution in [0, 0.1) is 11.3 Å². The second kappa shape index (κ2) is 9.41. The van der Waals surface area contributed by atoms with Crippen LogP contribution in [-0.2, 0) is 4.79 Å². The SMILES string of the molecule is N#C[C@@H]1CSCN1C(=O)CNC(=O)c1ccnc2ccc(-n3ccc(-c4ccccc4)c3)cc12. The fourth-order valence-electron chi connectivity index (χ4n) is 4.00. The van der Waals surface area contributed by atoms with Crippen LogP contribution in [0.1, 0.15) is 10.4 Å². The van der Waals surface area contributed by atoms with E-state index in [0.717, 1.165) is 16.8 Å². The average molecular weight is 468 g/mol. The largest absolute Gasteiger partial charge is 0.343 e. The molecular weight excluding hydrogens is 446 g/mol. The van der Waals surface area contributed by atoms with E-state index in [1.54, 1.807) is 12.3 Å². The molecule has 2 aromatic heterocycles. The number of nitriles is 1. The number of fused-ring (bicyclic) bond motifs is 1. The molecule has 34 heavy (non-hydrogen) atoms. The van der Waals surface area contributed by atoms with Gasteiger partial charge in [0.2, 0.25) is 5.91 Å². The van der Waals surface area contributed by atoms with E-state index in [1.165, 1.54) is 16.7 Å². The van der Waals surface area contributed by atoms with Gasteiger partial charge in [0.05, 0.1) is 29.6 Å². The number of amides is 2. The fourth-order valence-corrected chi connectivity index (χ4v) is 5.10. The quantitative estimate of drug-likeness (QED) is 0.482. The van der Waals surface area contributed by atoms with Crippen molar-refractivity contribution >= 4 is 34.5 Å². The van der Waals surface area contributed by atoms with Crippen LogP contribution in [-0.4, -0.2) is 50.5 Å². The average Bonchev–Trinajstić information content (AvgIpc) is 3.57. The highest BCUT2D eigenvalue weighted by molar-refractivity contribution is 7.99. The monoisotopic (exact) mass is 467 g/mol. The van der Waals surface area contributed by atoms with Gasteiger partial charge in [-0.2, -0.15) is 5.26 Å². The Morgan fingerprint density at radius 1 is 1.12 bits per heavy atom. The summed E-state index contributed by atoms with van der Waals surface area (Å²) in [6, 6.07) is 21.3. The lowest BCUT2D eigenvalue weighted by molar-refractivity contribution is -0.129. The molecule has 168 valence electrons. The van der Waals surface area contributed by atoms with Gasteiger partial charge in [-0.05, 0) is 41.5 Å². The second-order valence-corrected chi connectivity index (χ2v) is 8.92. The van der Waals surface area contributed by atoms with Crippen molar-refractivity contribution in [1.82, 2.24) is 19.8 Å². The van der Waals surface area contributed by atoms with Gasteiger partial charge in [0.1, 0.15) is 6.04 Å². The van der Waals surface area contributed by atoms with Gasteiger partial charge in [-0.1, -0.05) is 30.3 Å². The van der Waals surface area contributed by atoms with Gasteiger partial charge in [-0.15, -0.1) is 11.8 Å². The molecule has 0 saturated carbocycles. The highest BCUT2D eigenvalue weighted by atomic mass is 32.2. The molecule has 1 atom stereocenters. The Balaban J connectivity index is 1.38. The van der Waals surface area contributed by atoms with Crippen LogP contribution in [0.3, 0.4) is 0 Å². The van der Waals surface area contributed by atoms with E-state index < -0.39 is 6.04 Å². The number of carbonyl (C=O) groups is 2. The van der Waals surface area contributed by atoms with Crippen LogP contribution < -0.4 is 5.32 Å². The van der Waals surface area contributed by atoms with Gasteiger partial charge in [0, 0.05) is 35.4 Å². The summed E-state index contributed by atoms with van der Waals surface area (Å²) in [6.07, 6.45) is 5.62. The summed E-state index contributed by atoms with van der Waals surface area (Å²) in [5, 5.41) is 12.6. The van der Waals surface area contributed by atoms with Crippen LogP contribution >= 0.6 is 11.8 Å². The van der Waals surface area contributed by atoms with E-state index in [0.29, 0.717) is 28.1 Å². The lowest BCUT2D eigenvalue weighted by Crippen LogP contribution is -2.42. The van der Waals surface area contributed by atoms with Crippen molar-refractivity contribution in [3.63, 3.8) is 0 Å². The molecule has 7 nitrogen and oxygen atoms in total. The molecule has 1 saturated heterocycles. The number of hydrogen-bond acceptors (Lipinski definition) is 5. The maximum absolute atomic E-state index is 13.0. The lowest BCUT2D eigenvalue weighted by Gasteiger charge is -2.18. The third-order valence-corrected chi connectivity index (χ3v) is 6.83. The first-order chi connectivity index (χ1) is 16.6. The molecule has 0 unspecified atom stereocenters. The number of pyridine rings is 1. The Hall–Kier alpha value is -4.09. The number of nitrogens with zero attached hydrogens (tertiary/aromatic N) is 4. The molecule has 1 N–H and O–H groups in total. The summed E-state index contributed by atoms with van der Waals surface area (Å²) in [5.74, 6) is 0.454. The summed E-state index contributed by atoms with van der Waals surface area (Å²) >= 11 is 1.53. The molecule has 5 rings (SSSR count). The van der Waals surface area contributed by atoms with Crippen molar-refractivity contribution in [2.45, 2.75) is 6.04 Å². The summed E-state index contributed by atoms with van der Waals surface area (Å²) in [4.78, 5) is 31.4. The summed E-state index contributed by atoms with van der Waals surface area (Å²) < 4.78 is 2.01. The first-order valence-corrected chi connectivity index (χ1v) is 12.0. The Labute approximate surface area is 201 Å². The molecule has 0 radical (unpaired) electrons. The lowest BCUT2D eigenvalue weighted by atomic mass is 10.1. The van der Waals surface area contributed by atoms with Crippen molar-refractivity contribution in [2.75, 3.05) is 18.2 Å². The molecule has 0 aliphatic carbocycles. The van der Waals surface area contributed by atoms with Crippen LogP contribution in [0.15, 0.2) is 79.3 Å². The van der Waals surface area contributed by atoms with Crippen molar-refractivity contribution < 1.29 is 9.59 Å². The van der Waals surface area contributed by atoms with Gasteiger partial charge in [-0.3, -0.25) is 14.6 Å². The minimum atomic E-state index is -0.443. The normalized spacial score (nSPS) is 15.3. The number of nitrogens with one attached hydrogen (secondary N) is 1. The maximum Gasteiger partial charge on any atom is 0.252 e. The predicted molar refractivity (Wildman–Crippen MR) is 132 cm³/mol. The van der Waals surface area contributed by atoms with Gasteiger partial charge in [0.15, 0.2) is 0 Å². The Morgan fingerprint density at radius 2 is 1.97 bits per heavy atom. The number of thioether (sulfide) groups is 1. The predicted octanol–water partition coefficient (Wildman–Crippen LogP) is 3.85. The van der Waals surface area contributed by atoms with Gasteiger partial charge >= 0.3 is 0 Å². The zero-order valence-electron chi connectivity index (χ0n) is 18.2. The van der Waals surface area contributed by atoms with Crippen LogP contribution in [0.5, 0.6) is 0 Å². The molecule has 4 aromatic rings. The van der Waals surface area contributed by atoms with E-state index in [1.807, 2.05) is 59.4 Å². The molecule has 1 fully saturated rings. The van der Waals surface area contributed by atoms with E-state index in [-0.39, 0.29) is 18.4 Å². The van der Waals surface area contributed by atoms with E-state index in [4.69, 9.17) is 0 Å². The molecular formula is C26H21N5O2S. The smallest absolute Gasteiger partial charge is 0.252 e. The number of rotatable bonds is 5. The van der Waals surface area contributed by atoms with E-state index in [2.05, 4.69) is 28.5 Å². The zero-order valence-corrected chi connectivity index (χ0v) is 19.0. The minimum Gasteiger partial charge on any atom is -0.343 e. The highest BCUT2D eigenvalue weighted by Gasteiger charge is 2.29. The van der Waals surface area contributed by atoms with Gasteiger partial charge < -0.3 is 14.8 Å². The maximum atomic E-state index is 13.0. The molecule has 0 spiro atoms. The molecule has 1 aliphatic heterocycles. The molecule has 0 bridgehead atoms. The third kappa shape index (κ3) is 4.26. The number of aromatic nitrogens is 2. The minimum absolute atomic E-state index is 0.154. The van der Waals surface area contributed by atoms with Gasteiger partial charge in [0.25, 0.3) is 5.91 Å². The highest BCUT2D eigenvalue weighted by Crippen LogP contribution is 2.25. The summed E-state index contributed by atoms with van der Waals surface area (Å²) in [5.41, 5.74) is 4.27. The summed E-state index contributed by atoms with van der Waals surface area (Å²) in [7, 11) is 0. The Bertz CT molecular complexity index is 1410. The fraction of sp³-hybridized carbons (Fsp3) is 0.154. The number of carbonyl (C=O) groups excluding carboxylic acids is 2. The Kier molecular flexibility index (Phi) is 6.02. The number of benzene rings is 2. The second-order valence-electron chi connectivity index (χ2n) is 7.92. The van der Waals surface area contributed by atoms with Crippen molar-refractivity contribution in [3.05, 3.63) is 84.8 Å². The van der Waals surface area contributed by atoms with E-state index in [9.17, 15) is 14.9 Å². The molecule has 2 amide bonds. The Morgan fingerprint density at radius 3 is 2.79 bits per heavy atom. The topological polar surface area (TPSA) is 91.0 Å². The van der Waals surface area contributed by atoms with Crippen LogP contribution in [0.4, 0.5) is 0 Å². The number of hydrogen-bond donors (Lipinski definition) is 1. The van der Waals surface area contributed by atoms with Crippen LogP contribution in [0.2, 0.25) is 0 Å². The van der Waals surface area contributed by atoms with Crippen molar-refractivity contribution in [2.24, 2.45) is 0 Å². The molecule has 8 heteroatoms. The first kappa shape index (κ1) is 21.7. The van der Waals surface area contributed by atoms with Crippen molar-refractivity contribution in [3.8, 4) is 22.9 Å². The van der Waals surface area contributed by atoms with Crippen LogP contribution in [0.25, 0.3) is 27.7 Å². The molecule has 3 heterocycles. The molecule has 2 aromatic carbocycles.